The van der Waals surface area contributed by atoms with Gasteiger partial charge >= 0.3 is 0 Å². The lowest BCUT2D eigenvalue weighted by atomic mass is 10.0. The number of piperidine rings is 1. The first-order chi connectivity index (χ1) is 7.24. The fraction of sp³-hybridized carbons (Fsp3) is 0.909. The van der Waals surface area contributed by atoms with Gasteiger partial charge in [-0.25, -0.2) is 0 Å². The summed E-state index contributed by atoms with van der Waals surface area (Å²) in [6.45, 7) is 2.13. The topological polar surface area (TPSA) is 41.6 Å². The van der Waals surface area contributed by atoms with Gasteiger partial charge in [-0.05, 0) is 25.8 Å². The molecule has 1 N–H and O–H groups in total. The number of ether oxygens (including phenoxy) is 1. The predicted octanol–water partition coefficient (Wildman–Crippen LogP) is 0.623. The molecular weight excluding hydrogens is 192 g/mol. The van der Waals surface area contributed by atoms with Crippen LogP contribution in [0, 0.1) is 0 Å². The SMILES string of the molecule is COCC(=O)N(C)CCC1CCCCN1. The molecule has 1 fully saturated rings. The van der Waals surface area contributed by atoms with Gasteiger partial charge in [0.15, 0.2) is 0 Å². The lowest BCUT2D eigenvalue weighted by molar-refractivity contribution is -0.133. The Hall–Kier alpha value is -0.610. The summed E-state index contributed by atoms with van der Waals surface area (Å²) < 4.78 is 4.81. The highest BCUT2D eigenvalue weighted by atomic mass is 16.5. The molecular formula is C11H22N2O2. The number of methoxy groups -OCH3 is 1. The van der Waals surface area contributed by atoms with Crippen LogP contribution in [-0.2, 0) is 9.53 Å². The molecule has 0 aliphatic carbocycles. The number of carbonyl (C=O) groups is 1. The monoisotopic (exact) mass is 214 g/mol. The molecule has 4 nitrogen and oxygen atoms in total. The number of nitrogens with one attached hydrogen (secondary N) is 1. The Morgan fingerprint density at radius 3 is 2.93 bits per heavy atom. The molecule has 0 radical (unpaired) electrons. The lowest BCUT2D eigenvalue weighted by Crippen LogP contribution is -2.38. The van der Waals surface area contributed by atoms with E-state index in [2.05, 4.69) is 5.32 Å². The van der Waals surface area contributed by atoms with Crippen molar-refractivity contribution in [2.45, 2.75) is 31.7 Å². The smallest absolute Gasteiger partial charge is 0.248 e. The maximum atomic E-state index is 11.4. The maximum absolute atomic E-state index is 11.4. The number of carbonyl (C=O) groups excluding carboxylic acids is 1. The molecule has 0 saturated carbocycles. The van der Waals surface area contributed by atoms with Crippen LogP contribution in [0.15, 0.2) is 0 Å². The van der Waals surface area contributed by atoms with E-state index < -0.39 is 0 Å². The van der Waals surface area contributed by atoms with Gasteiger partial charge in [0.25, 0.3) is 0 Å². The summed E-state index contributed by atoms with van der Waals surface area (Å²) in [5.74, 6) is 0.0632. The highest BCUT2D eigenvalue weighted by molar-refractivity contribution is 5.77. The van der Waals surface area contributed by atoms with Crippen molar-refractivity contribution in [3.05, 3.63) is 0 Å². The summed E-state index contributed by atoms with van der Waals surface area (Å²) in [5.41, 5.74) is 0. The van der Waals surface area contributed by atoms with Crippen LogP contribution in [0.1, 0.15) is 25.7 Å². The third-order valence-electron chi connectivity index (χ3n) is 2.92. The van der Waals surface area contributed by atoms with Gasteiger partial charge in [-0.15, -0.1) is 0 Å². The van der Waals surface area contributed by atoms with E-state index in [-0.39, 0.29) is 12.5 Å². The van der Waals surface area contributed by atoms with Crippen molar-refractivity contribution in [2.24, 2.45) is 0 Å². The van der Waals surface area contributed by atoms with Crippen molar-refractivity contribution in [2.75, 3.05) is 33.9 Å². The van der Waals surface area contributed by atoms with Crippen molar-refractivity contribution >= 4 is 5.91 Å². The van der Waals surface area contributed by atoms with Crippen molar-refractivity contribution in [3.63, 3.8) is 0 Å². The van der Waals surface area contributed by atoms with E-state index in [9.17, 15) is 4.79 Å². The highest BCUT2D eigenvalue weighted by Gasteiger charge is 2.14. The molecule has 88 valence electrons. The van der Waals surface area contributed by atoms with Crippen molar-refractivity contribution in [3.8, 4) is 0 Å². The lowest BCUT2D eigenvalue weighted by Gasteiger charge is -2.25. The summed E-state index contributed by atoms with van der Waals surface area (Å²) in [5, 5.41) is 3.48. The van der Waals surface area contributed by atoms with Crippen LogP contribution in [0.2, 0.25) is 0 Å². The Labute approximate surface area is 92.0 Å². The minimum Gasteiger partial charge on any atom is -0.375 e. The van der Waals surface area contributed by atoms with Gasteiger partial charge in [0.2, 0.25) is 5.91 Å². The number of amides is 1. The van der Waals surface area contributed by atoms with Crippen LogP contribution in [0.3, 0.4) is 0 Å². The Morgan fingerprint density at radius 2 is 2.33 bits per heavy atom. The molecule has 1 amide bonds. The van der Waals surface area contributed by atoms with E-state index in [0.29, 0.717) is 6.04 Å². The quantitative estimate of drug-likeness (QED) is 0.729. The minimum absolute atomic E-state index is 0.0632. The first-order valence-electron chi connectivity index (χ1n) is 5.70. The first kappa shape index (κ1) is 12.5. The van der Waals surface area contributed by atoms with E-state index in [1.165, 1.54) is 19.3 Å². The van der Waals surface area contributed by atoms with E-state index in [1.54, 1.807) is 12.0 Å². The Morgan fingerprint density at radius 1 is 1.53 bits per heavy atom. The van der Waals surface area contributed by atoms with Gasteiger partial charge in [0, 0.05) is 26.7 Å². The van der Waals surface area contributed by atoms with Crippen LogP contribution in [-0.4, -0.2) is 50.7 Å². The molecule has 4 heteroatoms. The fourth-order valence-electron chi connectivity index (χ4n) is 1.88. The molecule has 1 saturated heterocycles. The standard InChI is InChI=1S/C11H22N2O2/c1-13(11(14)9-15-2)8-6-10-5-3-4-7-12-10/h10,12H,3-9H2,1-2H3. The van der Waals surface area contributed by atoms with Crippen molar-refractivity contribution < 1.29 is 9.53 Å². The predicted molar refractivity (Wildman–Crippen MR) is 59.8 cm³/mol. The molecule has 0 spiro atoms. The van der Waals surface area contributed by atoms with Crippen LogP contribution >= 0.6 is 0 Å². The second kappa shape index (κ2) is 6.80. The van der Waals surface area contributed by atoms with Gasteiger partial charge in [0.05, 0.1) is 0 Å². The van der Waals surface area contributed by atoms with Crippen LogP contribution < -0.4 is 5.32 Å². The second-order valence-corrected chi connectivity index (χ2v) is 4.18. The third kappa shape index (κ3) is 4.62. The van der Waals surface area contributed by atoms with Gasteiger partial charge in [-0.3, -0.25) is 4.79 Å². The zero-order valence-electron chi connectivity index (χ0n) is 9.79. The molecule has 15 heavy (non-hydrogen) atoms. The molecule has 1 rings (SSSR count). The van der Waals surface area contributed by atoms with Gasteiger partial charge in [0.1, 0.15) is 6.61 Å². The van der Waals surface area contributed by atoms with Gasteiger partial charge in [-0.2, -0.15) is 0 Å². The molecule has 1 atom stereocenters. The number of hydrogen-bond acceptors (Lipinski definition) is 3. The number of nitrogens with zero attached hydrogens (tertiary/aromatic N) is 1. The fourth-order valence-corrected chi connectivity index (χ4v) is 1.88. The highest BCUT2D eigenvalue weighted by Crippen LogP contribution is 2.10. The second-order valence-electron chi connectivity index (χ2n) is 4.18. The van der Waals surface area contributed by atoms with E-state index >= 15 is 0 Å². The maximum Gasteiger partial charge on any atom is 0.248 e. The first-order valence-corrected chi connectivity index (χ1v) is 5.70. The van der Waals surface area contributed by atoms with Gasteiger partial charge in [-0.1, -0.05) is 6.42 Å². The Kier molecular flexibility index (Phi) is 5.65. The molecule has 1 unspecified atom stereocenters. The minimum atomic E-state index is 0.0632. The summed E-state index contributed by atoms with van der Waals surface area (Å²) in [6, 6.07) is 0.594. The van der Waals surface area contributed by atoms with E-state index in [4.69, 9.17) is 4.74 Å². The molecule has 0 aromatic carbocycles. The summed E-state index contributed by atoms with van der Waals surface area (Å²) in [4.78, 5) is 13.1. The van der Waals surface area contributed by atoms with Crippen LogP contribution in [0.5, 0.6) is 0 Å². The molecule has 1 aliphatic rings. The summed E-state index contributed by atoms with van der Waals surface area (Å²) in [6.07, 6.45) is 4.89. The zero-order chi connectivity index (χ0) is 11.1. The van der Waals surface area contributed by atoms with Crippen molar-refractivity contribution in [1.29, 1.82) is 0 Å². The third-order valence-corrected chi connectivity index (χ3v) is 2.92. The molecule has 1 aliphatic heterocycles. The number of likely N-dealkylation sites (N-methyl/N-ethyl adjacent to an activating group) is 1. The van der Waals surface area contributed by atoms with E-state index in [1.807, 2.05) is 7.05 Å². The largest absolute Gasteiger partial charge is 0.375 e. The van der Waals surface area contributed by atoms with Crippen molar-refractivity contribution in [1.82, 2.24) is 10.2 Å². The van der Waals surface area contributed by atoms with Gasteiger partial charge < -0.3 is 15.0 Å². The Bertz CT molecular complexity index is 191. The summed E-state index contributed by atoms with van der Waals surface area (Å²) >= 11 is 0. The molecule has 0 aromatic heterocycles. The van der Waals surface area contributed by atoms with Crippen LogP contribution in [0.4, 0.5) is 0 Å². The number of hydrogen-bond donors (Lipinski definition) is 1. The van der Waals surface area contributed by atoms with E-state index in [0.717, 1.165) is 19.5 Å². The zero-order valence-corrected chi connectivity index (χ0v) is 9.79. The molecule has 0 aromatic rings. The molecule has 1 heterocycles. The average molecular weight is 214 g/mol. The molecule has 0 bridgehead atoms. The van der Waals surface area contributed by atoms with Crippen LogP contribution in [0.25, 0.3) is 0 Å². The summed E-state index contributed by atoms with van der Waals surface area (Å²) in [7, 11) is 3.39. The average Bonchev–Trinajstić information content (AvgIpc) is 2.27. The number of rotatable bonds is 5. The Balaban J connectivity index is 2.14. The normalized spacial score (nSPS) is 21.3.